The molecule has 0 saturated carbocycles. The average Bonchev–Trinajstić information content (AvgIpc) is 2.65. The van der Waals surface area contributed by atoms with E-state index < -0.39 is 46.6 Å². The molecule has 0 aliphatic rings. The maximum atomic E-state index is 14.0. The molecule has 0 aliphatic heterocycles. The van der Waals surface area contributed by atoms with Gasteiger partial charge in [-0.15, -0.1) is 0 Å². The summed E-state index contributed by atoms with van der Waals surface area (Å²) in [6, 6.07) is 6.68. The Labute approximate surface area is 157 Å². The largest absolute Gasteiger partial charge is 0.386 e. The molecule has 0 spiro atoms. The van der Waals surface area contributed by atoms with E-state index in [1.54, 1.807) is 6.92 Å². The van der Waals surface area contributed by atoms with Crippen molar-refractivity contribution in [1.29, 1.82) is 0 Å². The third kappa shape index (κ3) is 3.77. The lowest BCUT2D eigenvalue weighted by molar-refractivity contribution is 0.0812. The van der Waals surface area contributed by atoms with Crippen molar-refractivity contribution >= 4 is 16.8 Å². The lowest BCUT2D eigenvalue weighted by Gasteiger charge is -2.24. The van der Waals surface area contributed by atoms with Gasteiger partial charge < -0.3 is 15.4 Å². The number of carbonyl (C=O) groups excluding carboxylic acids is 1. The van der Waals surface area contributed by atoms with E-state index in [4.69, 9.17) is 0 Å². The fraction of sp³-hybridized carbons (Fsp3) is 0.200. The van der Waals surface area contributed by atoms with Gasteiger partial charge in [0.2, 0.25) is 5.56 Å². The summed E-state index contributed by atoms with van der Waals surface area (Å²) in [7, 11) is 0. The fourth-order valence-electron chi connectivity index (χ4n) is 3.06. The molecule has 0 fully saturated rings. The monoisotopic (exact) mass is 390 g/mol. The molecule has 0 radical (unpaired) electrons. The number of amides is 1. The fourth-order valence-corrected chi connectivity index (χ4v) is 3.06. The topological polar surface area (TPSA) is 82.2 Å². The van der Waals surface area contributed by atoms with Gasteiger partial charge in [0.05, 0.1) is 17.2 Å². The molecule has 3 aromatic rings. The second-order valence-corrected chi connectivity index (χ2v) is 6.31. The second kappa shape index (κ2) is 7.85. The molecule has 0 bridgehead atoms. The van der Waals surface area contributed by atoms with Crippen LogP contribution in [0.4, 0.5) is 13.2 Å². The normalized spacial score (nSPS) is 13.3. The molecule has 1 heterocycles. The number of rotatable bonds is 5. The van der Waals surface area contributed by atoms with Crippen LogP contribution in [-0.2, 0) is 0 Å². The lowest BCUT2D eigenvalue weighted by Crippen LogP contribution is -2.40. The van der Waals surface area contributed by atoms with Gasteiger partial charge in [-0.25, -0.2) is 13.2 Å². The highest BCUT2D eigenvalue weighted by molar-refractivity contribution is 6.06. The summed E-state index contributed by atoms with van der Waals surface area (Å²) in [4.78, 5) is 27.0. The Hall–Kier alpha value is -3.13. The number of carbonyl (C=O) groups is 1. The lowest BCUT2D eigenvalue weighted by atomic mass is 9.98. The molecule has 2 atom stereocenters. The van der Waals surface area contributed by atoms with Crippen LogP contribution in [0.2, 0.25) is 0 Å². The molecule has 1 aromatic heterocycles. The molecule has 1 amide bonds. The van der Waals surface area contributed by atoms with Gasteiger partial charge in [-0.3, -0.25) is 9.59 Å². The molecule has 3 N–H and O–H groups in total. The number of aliphatic hydroxyl groups excluding tert-OH is 1. The molecule has 28 heavy (non-hydrogen) atoms. The zero-order chi connectivity index (χ0) is 20.4. The van der Waals surface area contributed by atoms with E-state index in [1.807, 2.05) is 0 Å². The highest BCUT2D eigenvalue weighted by Crippen LogP contribution is 2.25. The van der Waals surface area contributed by atoms with Crippen LogP contribution in [0.5, 0.6) is 0 Å². The second-order valence-electron chi connectivity index (χ2n) is 6.31. The van der Waals surface area contributed by atoms with Crippen LogP contribution in [0.3, 0.4) is 0 Å². The number of pyridine rings is 1. The first-order chi connectivity index (χ1) is 13.3. The Kier molecular flexibility index (Phi) is 5.51. The molecule has 3 rings (SSSR count). The first-order valence-corrected chi connectivity index (χ1v) is 8.57. The number of aromatic amines is 1. The van der Waals surface area contributed by atoms with Gasteiger partial charge in [0, 0.05) is 17.0 Å². The molecular formula is C20H17F3N2O3. The quantitative estimate of drug-likeness (QED) is 0.626. The summed E-state index contributed by atoms with van der Waals surface area (Å²) >= 11 is 0. The maximum absolute atomic E-state index is 14.0. The number of nitrogens with one attached hydrogen (secondary N) is 2. The molecule has 5 nitrogen and oxygen atoms in total. The summed E-state index contributed by atoms with van der Waals surface area (Å²) < 4.78 is 41.5. The van der Waals surface area contributed by atoms with Gasteiger partial charge in [-0.2, -0.15) is 0 Å². The van der Waals surface area contributed by atoms with Gasteiger partial charge in [0.15, 0.2) is 0 Å². The van der Waals surface area contributed by atoms with Gasteiger partial charge >= 0.3 is 0 Å². The SMILES string of the molecule is CCC(NC(=O)c1cc(=O)[nH]c2ccc(F)cc12)C(O)c1c(F)cccc1F. The minimum absolute atomic E-state index is 0.113. The van der Waals surface area contributed by atoms with Crippen molar-refractivity contribution in [3.8, 4) is 0 Å². The smallest absolute Gasteiger partial charge is 0.252 e. The Morgan fingerprint density at radius 3 is 2.46 bits per heavy atom. The van der Waals surface area contributed by atoms with Crippen molar-refractivity contribution in [3.63, 3.8) is 0 Å². The van der Waals surface area contributed by atoms with Crippen molar-refractivity contribution in [2.45, 2.75) is 25.5 Å². The van der Waals surface area contributed by atoms with Crippen LogP contribution in [0, 0.1) is 17.5 Å². The Bertz CT molecular complexity index is 1080. The number of hydrogen-bond acceptors (Lipinski definition) is 3. The average molecular weight is 390 g/mol. The van der Waals surface area contributed by atoms with Crippen LogP contribution in [0.1, 0.15) is 35.4 Å². The van der Waals surface area contributed by atoms with Crippen molar-refractivity contribution in [1.82, 2.24) is 10.3 Å². The third-order valence-electron chi connectivity index (χ3n) is 4.48. The Morgan fingerprint density at radius 1 is 1.14 bits per heavy atom. The Balaban J connectivity index is 1.96. The van der Waals surface area contributed by atoms with E-state index in [0.29, 0.717) is 0 Å². The minimum atomic E-state index is -1.65. The Morgan fingerprint density at radius 2 is 1.82 bits per heavy atom. The number of hydrogen-bond donors (Lipinski definition) is 3. The van der Waals surface area contributed by atoms with Crippen molar-refractivity contribution < 1.29 is 23.1 Å². The van der Waals surface area contributed by atoms with Crippen molar-refractivity contribution in [3.05, 3.63) is 81.4 Å². The molecule has 146 valence electrons. The first-order valence-electron chi connectivity index (χ1n) is 8.57. The van der Waals surface area contributed by atoms with Crippen LogP contribution in [0.25, 0.3) is 10.9 Å². The van der Waals surface area contributed by atoms with E-state index in [1.165, 1.54) is 6.07 Å². The highest BCUT2D eigenvalue weighted by atomic mass is 19.1. The number of fused-ring (bicyclic) bond motifs is 1. The van der Waals surface area contributed by atoms with Gasteiger partial charge in [0.25, 0.3) is 5.91 Å². The molecule has 8 heteroatoms. The molecular weight excluding hydrogens is 373 g/mol. The number of H-pyrrole nitrogens is 1. The number of aliphatic hydroxyl groups is 1. The van der Waals surface area contributed by atoms with Gasteiger partial charge in [-0.05, 0) is 36.8 Å². The van der Waals surface area contributed by atoms with E-state index >= 15 is 0 Å². The molecule has 0 aliphatic carbocycles. The summed E-state index contributed by atoms with van der Waals surface area (Å²) in [6.07, 6.45) is -1.50. The van der Waals surface area contributed by atoms with Gasteiger partial charge in [0.1, 0.15) is 23.6 Å². The van der Waals surface area contributed by atoms with E-state index in [-0.39, 0.29) is 22.9 Å². The van der Waals surface area contributed by atoms with E-state index in [2.05, 4.69) is 10.3 Å². The summed E-state index contributed by atoms with van der Waals surface area (Å²) in [5, 5.41) is 13.1. The van der Waals surface area contributed by atoms with Gasteiger partial charge in [-0.1, -0.05) is 13.0 Å². The van der Waals surface area contributed by atoms with E-state index in [0.717, 1.165) is 36.4 Å². The molecule has 0 saturated heterocycles. The summed E-state index contributed by atoms with van der Waals surface area (Å²) in [6.45, 7) is 1.61. The maximum Gasteiger partial charge on any atom is 0.252 e. The number of halogens is 3. The number of benzene rings is 2. The summed E-state index contributed by atoms with van der Waals surface area (Å²) in [5.74, 6) is -3.26. The van der Waals surface area contributed by atoms with Crippen molar-refractivity contribution in [2.24, 2.45) is 0 Å². The van der Waals surface area contributed by atoms with Crippen LogP contribution < -0.4 is 10.9 Å². The van der Waals surface area contributed by atoms with Crippen molar-refractivity contribution in [2.75, 3.05) is 0 Å². The predicted molar refractivity (Wildman–Crippen MR) is 97.4 cm³/mol. The summed E-state index contributed by atoms with van der Waals surface area (Å²) in [5.41, 5.74) is -0.986. The zero-order valence-corrected chi connectivity index (χ0v) is 14.8. The van der Waals surface area contributed by atoms with Crippen LogP contribution in [-0.4, -0.2) is 22.0 Å². The van der Waals surface area contributed by atoms with E-state index in [9.17, 15) is 27.9 Å². The predicted octanol–water partition coefficient (Wildman–Crippen LogP) is 3.19. The van der Waals surface area contributed by atoms with Crippen LogP contribution in [0.15, 0.2) is 47.3 Å². The first kappa shape index (κ1) is 19.6. The zero-order valence-electron chi connectivity index (χ0n) is 14.8. The minimum Gasteiger partial charge on any atom is -0.386 e. The molecule has 2 aromatic carbocycles. The highest BCUT2D eigenvalue weighted by Gasteiger charge is 2.27. The third-order valence-corrected chi connectivity index (χ3v) is 4.48. The standard InChI is InChI=1S/C20H17F3N2O3/c1-2-15(19(27)18-13(22)4-3-5-14(18)23)25-20(28)12-9-17(26)24-16-7-6-10(21)8-11(12)16/h3-9,15,19,27H,2H2,1H3,(H,24,26)(H,25,28). The van der Waals surface area contributed by atoms with Crippen LogP contribution >= 0.6 is 0 Å². The molecule has 2 unspecified atom stereocenters. The number of aromatic nitrogens is 1.